The topological polar surface area (TPSA) is 58.2 Å². The van der Waals surface area contributed by atoms with Crippen molar-refractivity contribution in [2.75, 3.05) is 11.9 Å². The fraction of sp³-hybridized carbons (Fsp3) is 0.667. The number of alkyl halides is 3. The second-order valence-corrected chi connectivity index (χ2v) is 10.4. The third-order valence-corrected chi connectivity index (χ3v) is 7.04. The Morgan fingerprint density at radius 1 is 1.00 bits per heavy atom. The molecule has 26 heavy (non-hydrogen) atoms. The van der Waals surface area contributed by atoms with Gasteiger partial charge in [-0.2, -0.15) is 13.2 Å². The van der Waals surface area contributed by atoms with Gasteiger partial charge in [-0.15, -0.1) is 0 Å². The van der Waals surface area contributed by atoms with Gasteiger partial charge in [-0.3, -0.25) is 0 Å². The van der Waals surface area contributed by atoms with E-state index >= 15 is 0 Å². The van der Waals surface area contributed by atoms with Gasteiger partial charge >= 0.3 is 6.18 Å². The predicted molar refractivity (Wildman–Crippen MR) is 97.5 cm³/mol. The Bertz CT molecular complexity index is 687. The van der Waals surface area contributed by atoms with Crippen molar-refractivity contribution in [3.63, 3.8) is 0 Å². The minimum atomic E-state index is -4.32. The molecule has 1 aliphatic carbocycles. The van der Waals surface area contributed by atoms with E-state index in [-0.39, 0.29) is 6.04 Å². The summed E-state index contributed by atoms with van der Waals surface area (Å²) < 4.78 is 64.0. The lowest BCUT2D eigenvalue weighted by atomic mass is 9.86. The van der Waals surface area contributed by atoms with E-state index in [2.05, 4.69) is 10.0 Å². The molecule has 0 spiro atoms. The van der Waals surface area contributed by atoms with Gasteiger partial charge < -0.3 is 5.32 Å². The molecule has 4 nitrogen and oxygen atoms in total. The molecule has 0 radical (unpaired) electrons. The SMILES string of the molecule is CC(C)(C)S(=O)(=O)NC1CCC(CNc2ccc(C(F)(F)F)cc2)CC1. The van der Waals surface area contributed by atoms with Crippen molar-refractivity contribution in [2.24, 2.45) is 5.92 Å². The molecule has 0 aromatic heterocycles. The van der Waals surface area contributed by atoms with Gasteiger partial charge in [0.15, 0.2) is 0 Å². The van der Waals surface area contributed by atoms with Gasteiger partial charge in [0.1, 0.15) is 0 Å². The highest BCUT2D eigenvalue weighted by Gasteiger charge is 2.33. The molecule has 8 heteroatoms. The van der Waals surface area contributed by atoms with Crippen LogP contribution in [0, 0.1) is 5.92 Å². The number of benzene rings is 1. The summed E-state index contributed by atoms with van der Waals surface area (Å²) >= 11 is 0. The van der Waals surface area contributed by atoms with Crippen molar-refractivity contribution < 1.29 is 21.6 Å². The molecule has 0 saturated heterocycles. The zero-order valence-corrected chi connectivity index (χ0v) is 16.2. The second-order valence-electron chi connectivity index (χ2n) is 7.91. The first-order valence-corrected chi connectivity index (χ1v) is 10.3. The maximum absolute atomic E-state index is 12.6. The molecule has 1 saturated carbocycles. The largest absolute Gasteiger partial charge is 0.416 e. The Labute approximate surface area is 153 Å². The maximum Gasteiger partial charge on any atom is 0.416 e. The van der Waals surface area contributed by atoms with Gasteiger partial charge in [0.25, 0.3) is 0 Å². The summed E-state index contributed by atoms with van der Waals surface area (Å²) in [5, 5.41) is 3.17. The van der Waals surface area contributed by atoms with Gasteiger partial charge in [0.05, 0.1) is 10.3 Å². The van der Waals surface area contributed by atoms with E-state index in [0.29, 0.717) is 18.2 Å². The van der Waals surface area contributed by atoms with Gasteiger partial charge in [0, 0.05) is 18.3 Å². The highest BCUT2D eigenvalue weighted by molar-refractivity contribution is 7.90. The number of sulfonamides is 1. The lowest BCUT2D eigenvalue weighted by Gasteiger charge is -2.31. The lowest BCUT2D eigenvalue weighted by Crippen LogP contribution is -2.46. The molecule has 148 valence electrons. The molecule has 0 amide bonds. The van der Waals surface area contributed by atoms with Crippen LogP contribution in [0.15, 0.2) is 24.3 Å². The highest BCUT2D eigenvalue weighted by atomic mass is 32.2. The van der Waals surface area contributed by atoms with Crippen molar-refractivity contribution in [2.45, 2.75) is 63.4 Å². The van der Waals surface area contributed by atoms with E-state index in [1.54, 1.807) is 20.8 Å². The molecule has 0 atom stereocenters. The normalized spacial score (nSPS) is 22.2. The summed E-state index contributed by atoms with van der Waals surface area (Å²) in [6, 6.07) is 4.97. The molecular weight excluding hydrogens is 365 g/mol. The number of anilines is 1. The van der Waals surface area contributed by atoms with E-state index in [9.17, 15) is 21.6 Å². The van der Waals surface area contributed by atoms with Crippen LogP contribution in [0.5, 0.6) is 0 Å². The average molecular weight is 392 g/mol. The van der Waals surface area contributed by atoms with E-state index in [1.807, 2.05) is 0 Å². The minimum absolute atomic E-state index is 0.0402. The molecular formula is C18H27F3N2O2S. The van der Waals surface area contributed by atoms with Crippen LogP contribution in [0.4, 0.5) is 18.9 Å². The van der Waals surface area contributed by atoms with Crippen LogP contribution in [0.25, 0.3) is 0 Å². The van der Waals surface area contributed by atoms with Crippen LogP contribution in [-0.2, 0) is 16.2 Å². The molecule has 2 rings (SSSR count). The molecule has 1 aliphatic rings. The van der Waals surface area contributed by atoms with Crippen LogP contribution in [-0.4, -0.2) is 25.8 Å². The molecule has 0 heterocycles. The number of hydrogen-bond donors (Lipinski definition) is 2. The van der Waals surface area contributed by atoms with Crippen molar-refractivity contribution >= 4 is 15.7 Å². The highest BCUT2D eigenvalue weighted by Crippen LogP contribution is 2.30. The number of hydrogen-bond acceptors (Lipinski definition) is 3. The predicted octanol–water partition coefficient (Wildman–Crippen LogP) is 4.39. The molecule has 0 aliphatic heterocycles. The van der Waals surface area contributed by atoms with Crippen LogP contribution < -0.4 is 10.0 Å². The number of halogens is 3. The minimum Gasteiger partial charge on any atom is -0.385 e. The molecule has 1 aromatic carbocycles. The molecule has 1 aromatic rings. The summed E-state index contributed by atoms with van der Waals surface area (Å²) in [6.45, 7) is 5.70. The van der Waals surface area contributed by atoms with Crippen LogP contribution in [0.2, 0.25) is 0 Å². The van der Waals surface area contributed by atoms with E-state index in [1.165, 1.54) is 12.1 Å². The van der Waals surface area contributed by atoms with Gasteiger partial charge in [-0.25, -0.2) is 13.1 Å². The quantitative estimate of drug-likeness (QED) is 0.781. The Morgan fingerprint density at radius 3 is 2.00 bits per heavy atom. The second kappa shape index (κ2) is 7.76. The first kappa shape index (κ1) is 21.0. The Morgan fingerprint density at radius 2 is 1.54 bits per heavy atom. The fourth-order valence-corrected chi connectivity index (χ4v) is 3.95. The van der Waals surface area contributed by atoms with Crippen molar-refractivity contribution in [3.05, 3.63) is 29.8 Å². The summed E-state index contributed by atoms with van der Waals surface area (Å²) in [7, 11) is -3.34. The van der Waals surface area contributed by atoms with E-state index in [4.69, 9.17) is 0 Å². The summed E-state index contributed by atoms with van der Waals surface area (Å²) in [5.74, 6) is 0.382. The summed E-state index contributed by atoms with van der Waals surface area (Å²) in [4.78, 5) is 0. The van der Waals surface area contributed by atoms with Crippen molar-refractivity contribution in [3.8, 4) is 0 Å². The number of nitrogens with one attached hydrogen (secondary N) is 2. The van der Waals surface area contributed by atoms with Crippen LogP contribution in [0.3, 0.4) is 0 Å². The standard InChI is InChI=1S/C18H27F3N2O2S/c1-17(2,3)26(24,25)23-16-8-4-13(5-9-16)12-22-15-10-6-14(7-11-15)18(19,20)21/h6-7,10-11,13,16,22-23H,4-5,8-9,12H2,1-3H3. The zero-order chi connectivity index (χ0) is 19.6. The monoisotopic (exact) mass is 392 g/mol. The molecule has 1 fully saturated rings. The van der Waals surface area contributed by atoms with Gasteiger partial charge in [-0.05, 0) is 76.6 Å². The smallest absolute Gasteiger partial charge is 0.385 e. The third-order valence-electron chi connectivity index (χ3n) is 4.78. The van der Waals surface area contributed by atoms with Crippen LogP contribution in [0.1, 0.15) is 52.0 Å². The Hall–Kier alpha value is -1.28. The zero-order valence-electron chi connectivity index (χ0n) is 15.4. The Kier molecular flexibility index (Phi) is 6.28. The molecule has 0 unspecified atom stereocenters. The van der Waals surface area contributed by atoms with E-state index < -0.39 is 26.5 Å². The maximum atomic E-state index is 12.6. The van der Waals surface area contributed by atoms with Crippen molar-refractivity contribution in [1.29, 1.82) is 0 Å². The van der Waals surface area contributed by atoms with Gasteiger partial charge in [0.2, 0.25) is 10.0 Å². The summed E-state index contributed by atoms with van der Waals surface area (Å²) in [5.41, 5.74) is 0.00301. The third kappa shape index (κ3) is 5.61. The summed E-state index contributed by atoms with van der Waals surface area (Å²) in [6.07, 6.45) is -1.02. The lowest BCUT2D eigenvalue weighted by molar-refractivity contribution is -0.137. The first-order chi connectivity index (χ1) is 11.9. The fourth-order valence-electron chi connectivity index (χ4n) is 2.92. The molecule has 0 bridgehead atoms. The van der Waals surface area contributed by atoms with Gasteiger partial charge in [-0.1, -0.05) is 0 Å². The first-order valence-electron chi connectivity index (χ1n) is 8.81. The Balaban J connectivity index is 1.79. The molecule has 2 N–H and O–H groups in total. The van der Waals surface area contributed by atoms with Crippen molar-refractivity contribution in [1.82, 2.24) is 4.72 Å². The van der Waals surface area contributed by atoms with E-state index in [0.717, 1.165) is 37.8 Å². The average Bonchev–Trinajstić information content (AvgIpc) is 2.52. The number of rotatable bonds is 5. The van der Waals surface area contributed by atoms with Crippen LogP contribution >= 0.6 is 0 Å².